The Hall–Kier alpha value is -2.69. The molecule has 2 aliphatic rings. The Labute approximate surface area is 210 Å². The number of alkyl halides is 3. The molecule has 0 bridgehead atoms. The van der Waals surface area contributed by atoms with Crippen molar-refractivity contribution < 1.29 is 18.0 Å². The molecule has 0 unspecified atom stereocenters. The molecule has 0 aromatic carbocycles. The zero-order valence-electron chi connectivity index (χ0n) is 21.6. The van der Waals surface area contributed by atoms with E-state index in [1.165, 1.54) is 6.33 Å². The van der Waals surface area contributed by atoms with Gasteiger partial charge in [-0.05, 0) is 39.5 Å². The highest BCUT2D eigenvalue weighted by atomic mass is 19.4. The van der Waals surface area contributed by atoms with Crippen molar-refractivity contribution in [1.82, 2.24) is 24.8 Å². The van der Waals surface area contributed by atoms with Crippen LogP contribution in [0.3, 0.4) is 0 Å². The number of piperidine rings is 1. The molecule has 0 spiro atoms. The number of hydrogen-bond acceptors (Lipinski definition) is 6. The summed E-state index contributed by atoms with van der Waals surface area (Å²) in [5.41, 5.74) is 1.05. The van der Waals surface area contributed by atoms with E-state index in [0.717, 1.165) is 37.4 Å². The van der Waals surface area contributed by atoms with Gasteiger partial charge in [-0.15, -0.1) is 0 Å². The summed E-state index contributed by atoms with van der Waals surface area (Å²) < 4.78 is 43.8. The highest BCUT2D eigenvalue weighted by molar-refractivity contribution is 5.94. The van der Waals surface area contributed by atoms with Crippen molar-refractivity contribution in [1.29, 1.82) is 0 Å². The molecule has 0 radical (unpaired) electrons. The Bertz CT molecular complexity index is 1080. The average molecular weight is 508 g/mol. The summed E-state index contributed by atoms with van der Waals surface area (Å²) in [5, 5.41) is 6.01. The number of imidazole rings is 1. The maximum Gasteiger partial charge on any atom is 0.396 e. The normalized spacial score (nSPS) is 19.5. The zero-order valence-corrected chi connectivity index (χ0v) is 21.6. The minimum absolute atomic E-state index is 0.0252. The summed E-state index contributed by atoms with van der Waals surface area (Å²) in [6, 6.07) is 0. The van der Waals surface area contributed by atoms with Crippen LogP contribution in [0.25, 0.3) is 0 Å². The molecule has 1 saturated heterocycles. The molecule has 1 fully saturated rings. The summed E-state index contributed by atoms with van der Waals surface area (Å²) in [6.07, 6.45) is -0.335. The van der Waals surface area contributed by atoms with Gasteiger partial charge in [-0.25, -0.2) is 15.0 Å². The SMILES string of the molecule is CC(C)c1cn(CCNC(C)(C)C)c(C2CCN(c3ncnc4c3[C@H](C(F)(F)F)CC(=O)N4)CC2)n1. The van der Waals surface area contributed by atoms with Gasteiger partial charge in [0.2, 0.25) is 5.91 Å². The number of amides is 1. The van der Waals surface area contributed by atoms with Crippen LogP contribution in [0.15, 0.2) is 12.5 Å². The Morgan fingerprint density at radius 3 is 2.47 bits per heavy atom. The van der Waals surface area contributed by atoms with Crippen molar-refractivity contribution in [2.75, 3.05) is 29.9 Å². The molecule has 4 heterocycles. The summed E-state index contributed by atoms with van der Waals surface area (Å²) in [7, 11) is 0. The van der Waals surface area contributed by atoms with Crippen molar-refractivity contribution >= 4 is 17.5 Å². The molecule has 4 rings (SSSR count). The number of aromatic nitrogens is 4. The van der Waals surface area contributed by atoms with Crippen molar-refractivity contribution in [3.05, 3.63) is 29.6 Å². The van der Waals surface area contributed by atoms with Gasteiger partial charge in [0.1, 0.15) is 23.8 Å². The van der Waals surface area contributed by atoms with Crippen molar-refractivity contribution in [3.63, 3.8) is 0 Å². The smallest absolute Gasteiger partial charge is 0.356 e. The van der Waals surface area contributed by atoms with E-state index in [4.69, 9.17) is 4.98 Å². The molecular formula is C25H36F3N7O. The minimum atomic E-state index is -4.55. The lowest BCUT2D eigenvalue weighted by atomic mass is 9.90. The van der Waals surface area contributed by atoms with Crippen LogP contribution in [-0.4, -0.2) is 56.8 Å². The standard InChI is InChI=1S/C25H36F3N7O/c1-15(2)18-13-35(11-8-31-24(3,4)5)22(32-18)16-6-9-34(10-7-16)23-20-17(25(26,27)28)12-19(36)33-21(20)29-14-30-23/h13-17,31H,6-12H2,1-5H3,(H,29,30,33,36)/t17-/m1/s1. The highest BCUT2D eigenvalue weighted by Crippen LogP contribution is 2.46. The van der Waals surface area contributed by atoms with Gasteiger partial charge in [0.05, 0.1) is 17.2 Å². The Morgan fingerprint density at radius 1 is 1.17 bits per heavy atom. The first kappa shape index (κ1) is 26.4. The van der Waals surface area contributed by atoms with E-state index in [1.807, 2.05) is 4.90 Å². The van der Waals surface area contributed by atoms with Crippen LogP contribution >= 0.6 is 0 Å². The lowest BCUT2D eigenvalue weighted by molar-refractivity contribution is -0.156. The molecule has 0 saturated carbocycles. The predicted molar refractivity (Wildman–Crippen MR) is 132 cm³/mol. The van der Waals surface area contributed by atoms with E-state index in [1.54, 1.807) is 0 Å². The average Bonchev–Trinajstić information content (AvgIpc) is 3.21. The molecule has 36 heavy (non-hydrogen) atoms. The number of anilines is 2. The van der Waals surface area contributed by atoms with Crippen molar-refractivity contribution in [2.24, 2.45) is 0 Å². The molecular weight excluding hydrogens is 471 g/mol. The van der Waals surface area contributed by atoms with Gasteiger partial charge in [-0.1, -0.05) is 13.8 Å². The van der Waals surface area contributed by atoms with Crippen LogP contribution < -0.4 is 15.5 Å². The quantitative estimate of drug-likeness (QED) is 0.596. The molecule has 2 N–H and O–H groups in total. The first-order valence-electron chi connectivity index (χ1n) is 12.6. The van der Waals surface area contributed by atoms with Crippen LogP contribution in [0.4, 0.5) is 24.8 Å². The Balaban J connectivity index is 1.53. The largest absolute Gasteiger partial charge is 0.396 e. The third kappa shape index (κ3) is 5.82. The number of nitrogens with one attached hydrogen (secondary N) is 2. The number of halogens is 3. The number of carbonyl (C=O) groups excluding carboxylic acids is 1. The predicted octanol–water partition coefficient (Wildman–Crippen LogP) is 4.56. The summed E-state index contributed by atoms with van der Waals surface area (Å²) in [4.78, 5) is 26.9. The fourth-order valence-electron chi connectivity index (χ4n) is 4.94. The third-order valence-corrected chi connectivity index (χ3v) is 6.84. The van der Waals surface area contributed by atoms with Crippen LogP contribution in [-0.2, 0) is 11.3 Å². The molecule has 2 aliphatic heterocycles. The van der Waals surface area contributed by atoms with E-state index < -0.39 is 24.4 Å². The third-order valence-electron chi connectivity index (χ3n) is 6.84. The van der Waals surface area contributed by atoms with Gasteiger partial charge in [-0.3, -0.25) is 4.79 Å². The molecule has 1 atom stereocenters. The second kappa shape index (κ2) is 9.99. The van der Waals surface area contributed by atoms with E-state index in [0.29, 0.717) is 19.0 Å². The van der Waals surface area contributed by atoms with E-state index in [9.17, 15) is 18.0 Å². The molecule has 0 aliphatic carbocycles. The molecule has 2 aromatic heterocycles. The monoisotopic (exact) mass is 507 g/mol. The number of fused-ring (bicyclic) bond motifs is 1. The van der Waals surface area contributed by atoms with Gasteiger partial charge in [0.25, 0.3) is 0 Å². The number of nitrogens with zero attached hydrogens (tertiary/aromatic N) is 5. The molecule has 198 valence electrons. The summed E-state index contributed by atoms with van der Waals surface area (Å²) in [6.45, 7) is 13.4. The summed E-state index contributed by atoms with van der Waals surface area (Å²) in [5.74, 6) is -0.800. The second-order valence-corrected chi connectivity index (χ2v) is 11.1. The van der Waals surface area contributed by atoms with E-state index in [-0.39, 0.29) is 28.7 Å². The zero-order chi connectivity index (χ0) is 26.3. The number of carbonyl (C=O) groups is 1. The van der Waals surface area contributed by atoms with Crippen LogP contribution in [0.2, 0.25) is 0 Å². The lowest BCUT2D eigenvalue weighted by Gasteiger charge is -2.36. The van der Waals surface area contributed by atoms with Gasteiger partial charge in [0, 0.05) is 50.3 Å². The molecule has 1 amide bonds. The van der Waals surface area contributed by atoms with Crippen molar-refractivity contribution in [2.45, 2.75) is 89.9 Å². The summed E-state index contributed by atoms with van der Waals surface area (Å²) >= 11 is 0. The minimum Gasteiger partial charge on any atom is -0.356 e. The van der Waals surface area contributed by atoms with Gasteiger partial charge in [-0.2, -0.15) is 13.2 Å². The van der Waals surface area contributed by atoms with Gasteiger partial charge >= 0.3 is 6.18 Å². The Kier molecular flexibility index (Phi) is 7.32. The Morgan fingerprint density at radius 2 is 1.86 bits per heavy atom. The van der Waals surface area contributed by atoms with Gasteiger partial charge < -0.3 is 20.1 Å². The lowest BCUT2D eigenvalue weighted by Crippen LogP contribution is -2.39. The fraction of sp³-hybridized carbons (Fsp3) is 0.680. The molecule has 11 heteroatoms. The van der Waals surface area contributed by atoms with E-state index in [2.05, 4.69) is 66.0 Å². The van der Waals surface area contributed by atoms with Gasteiger partial charge in [0.15, 0.2) is 0 Å². The first-order valence-corrected chi connectivity index (χ1v) is 12.6. The fourth-order valence-corrected chi connectivity index (χ4v) is 4.94. The number of rotatable bonds is 6. The second-order valence-electron chi connectivity index (χ2n) is 11.1. The molecule has 8 nitrogen and oxygen atoms in total. The highest BCUT2D eigenvalue weighted by Gasteiger charge is 2.48. The number of hydrogen-bond donors (Lipinski definition) is 2. The van der Waals surface area contributed by atoms with Crippen LogP contribution in [0, 0.1) is 0 Å². The van der Waals surface area contributed by atoms with Crippen molar-refractivity contribution in [3.8, 4) is 0 Å². The topological polar surface area (TPSA) is 88.0 Å². The maximum absolute atomic E-state index is 13.8. The molecule has 2 aromatic rings. The van der Waals surface area contributed by atoms with Crippen LogP contribution in [0.5, 0.6) is 0 Å². The first-order chi connectivity index (χ1) is 16.8. The van der Waals surface area contributed by atoms with E-state index >= 15 is 0 Å². The maximum atomic E-state index is 13.8. The van der Waals surface area contributed by atoms with Crippen LogP contribution in [0.1, 0.15) is 88.7 Å².